The van der Waals surface area contributed by atoms with E-state index >= 15 is 0 Å². The van der Waals surface area contributed by atoms with Crippen LogP contribution in [0.2, 0.25) is 0 Å². The zero-order valence-electron chi connectivity index (χ0n) is 14.7. The van der Waals surface area contributed by atoms with Gasteiger partial charge >= 0.3 is 5.97 Å². The highest BCUT2D eigenvalue weighted by atomic mass is 32.1. The average Bonchev–Trinajstić information content (AvgIpc) is 2.66. The number of thiocarbonyl (C=S) groups is 1. The predicted molar refractivity (Wildman–Crippen MR) is 104 cm³/mol. The molecule has 1 unspecified atom stereocenters. The largest absolute Gasteiger partial charge is 0.482 e. The standard InChI is InChI=1S/C20H19NO5S/c1-12(10-17(22)13-2-4-15(5-3-13)20(21)27)19(25)14-6-8-16(9-7-14)26-11-18(23)24/h2-9,12H,10-11H2,1H3,(H2,21,27)(H,23,24). The van der Waals surface area contributed by atoms with Crippen LogP contribution in [-0.4, -0.2) is 34.2 Å². The third kappa shape index (κ3) is 5.72. The number of ketones is 2. The van der Waals surface area contributed by atoms with Crippen molar-refractivity contribution in [2.45, 2.75) is 13.3 Å². The van der Waals surface area contributed by atoms with E-state index in [1.54, 1.807) is 43.3 Å². The quantitative estimate of drug-likeness (QED) is 0.505. The Morgan fingerprint density at radius 3 is 2.04 bits per heavy atom. The number of carbonyl (C=O) groups excluding carboxylic acids is 2. The summed E-state index contributed by atoms with van der Waals surface area (Å²) in [5.41, 5.74) is 7.13. The van der Waals surface area contributed by atoms with Crippen LogP contribution in [-0.2, 0) is 4.79 Å². The van der Waals surface area contributed by atoms with E-state index in [2.05, 4.69) is 0 Å². The van der Waals surface area contributed by atoms with Gasteiger partial charge in [-0.05, 0) is 24.3 Å². The van der Waals surface area contributed by atoms with Gasteiger partial charge in [-0.15, -0.1) is 0 Å². The Balaban J connectivity index is 1.98. The number of carbonyl (C=O) groups is 3. The molecule has 0 aliphatic rings. The lowest BCUT2D eigenvalue weighted by atomic mass is 9.92. The van der Waals surface area contributed by atoms with E-state index in [1.807, 2.05) is 0 Å². The number of rotatable bonds is 9. The molecule has 0 fully saturated rings. The van der Waals surface area contributed by atoms with Crippen LogP contribution in [0.1, 0.15) is 39.6 Å². The molecule has 3 N–H and O–H groups in total. The highest BCUT2D eigenvalue weighted by Crippen LogP contribution is 2.19. The normalized spacial score (nSPS) is 11.4. The molecule has 0 aliphatic heterocycles. The van der Waals surface area contributed by atoms with Crippen molar-refractivity contribution in [2.24, 2.45) is 11.7 Å². The zero-order valence-corrected chi connectivity index (χ0v) is 15.5. The number of aliphatic carboxylic acids is 1. The van der Waals surface area contributed by atoms with Crippen molar-refractivity contribution < 1.29 is 24.2 Å². The number of carboxylic acid groups (broad SMARTS) is 1. The first kappa shape index (κ1) is 20.3. The first-order valence-electron chi connectivity index (χ1n) is 8.20. The maximum atomic E-state index is 12.5. The van der Waals surface area contributed by atoms with E-state index in [4.69, 9.17) is 27.8 Å². The third-order valence-electron chi connectivity index (χ3n) is 3.93. The van der Waals surface area contributed by atoms with Crippen LogP contribution >= 0.6 is 12.2 Å². The molecule has 0 heterocycles. The van der Waals surface area contributed by atoms with Crippen LogP contribution < -0.4 is 10.5 Å². The number of carboxylic acids is 1. The van der Waals surface area contributed by atoms with Gasteiger partial charge in [0, 0.05) is 29.0 Å². The van der Waals surface area contributed by atoms with Gasteiger partial charge in [-0.3, -0.25) is 9.59 Å². The van der Waals surface area contributed by atoms with E-state index in [0.717, 1.165) is 0 Å². The second-order valence-corrected chi connectivity index (χ2v) is 6.48. The first-order valence-corrected chi connectivity index (χ1v) is 8.60. The topological polar surface area (TPSA) is 107 Å². The summed E-state index contributed by atoms with van der Waals surface area (Å²) in [6.07, 6.45) is 0.0719. The highest BCUT2D eigenvalue weighted by molar-refractivity contribution is 7.80. The minimum absolute atomic E-state index is 0.0719. The van der Waals surface area contributed by atoms with Crippen molar-refractivity contribution in [2.75, 3.05) is 6.61 Å². The first-order chi connectivity index (χ1) is 12.8. The fraction of sp³-hybridized carbons (Fsp3) is 0.200. The lowest BCUT2D eigenvalue weighted by molar-refractivity contribution is -0.139. The summed E-state index contributed by atoms with van der Waals surface area (Å²) >= 11 is 4.88. The summed E-state index contributed by atoms with van der Waals surface area (Å²) in [7, 11) is 0. The lowest BCUT2D eigenvalue weighted by Gasteiger charge is -2.11. The summed E-state index contributed by atoms with van der Waals surface area (Å²) in [5, 5.41) is 8.59. The van der Waals surface area contributed by atoms with Gasteiger partial charge in [-0.1, -0.05) is 43.4 Å². The molecule has 0 spiro atoms. The van der Waals surface area contributed by atoms with Crippen LogP contribution in [0.4, 0.5) is 0 Å². The van der Waals surface area contributed by atoms with Crippen molar-refractivity contribution in [1.29, 1.82) is 0 Å². The minimum atomic E-state index is -1.08. The van der Waals surface area contributed by atoms with Crippen molar-refractivity contribution in [3.63, 3.8) is 0 Å². The molecule has 2 rings (SSSR count). The molecular formula is C20H19NO5S. The number of hydrogen-bond acceptors (Lipinski definition) is 5. The summed E-state index contributed by atoms with van der Waals surface area (Å²) in [6.45, 7) is 1.24. The third-order valence-corrected chi connectivity index (χ3v) is 4.17. The molecule has 27 heavy (non-hydrogen) atoms. The van der Waals surface area contributed by atoms with Crippen molar-refractivity contribution in [3.8, 4) is 5.75 Å². The van der Waals surface area contributed by atoms with Crippen molar-refractivity contribution in [1.82, 2.24) is 0 Å². The van der Waals surface area contributed by atoms with E-state index in [-0.39, 0.29) is 23.0 Å². The van der Waals surface area contributed by atoms with E-state index < -0.39 is 18.5 Å². The molecule has 0 aliphatic carbocycles. The van der Waals surface area contributed by atoms with Crippen LogP contribution in [0.15, 0.2) is 48.5 Å². The molecule has 0 aromatic heterocycles. The maximum Gasteiger partial charge on any atom is 0.341 e. The van der Waals surface area contributed by atoms with Crippen LogP contribution in [0.25, 0.3) is 0 Å². The molecule has 1 atom stereocenters. The Morgan fingerprint density at radius 2 is 1.52 bits per heavy atom. The van der Waals surface area contributed by atoms with Crippen LogP contribution in [0.3, 0.4) is 0 Å². The molecule has 7 heteroatoms. The molecular weight excluding hydrogens is 366 g/mol. The smallest absolute Gasteiger partial charge is 0.341 e. The zero-order chi connectivity index (χ0) is 20.0. The van der Waals surface area contributed by atoms with Gasteiger partial charge in [0.1, 0.15) is 10.7 Å². The molecule has 0 saturated carbocycles. The molecule has 2 aromatic carbocycles. The molecule has 0 bridgehead atoms. The molecule has 0 saturated heterocycles. The summed E-state index contributed by atoms with van der Waals surface area (Å²) in [5.74, 6) is -1.54. The van der Waals surface area contributed by atoms with Gasteiger partial charge in [0.05, 0.1) is 0 Å². The van der Waals surface area contributed by atoms with E-state index in [9.17, 15) is 14.4 Å². The molecule has 140 valence electrons. The predicted octanol–water partition coefficient (Wildman–Crippen LogP) is 2.88. The number of Topliss-reactive ketones (excluding diaryl/α,β-unsaturated/α-hetero) is 2. The Labute approximate surface area is 161 Å². The van der Waals surface area contributed by atoms with Gasteiger partial charge in [0.25, 0.3) is 0 Å². The average molecular weight is 385 g/mol. The van der Waals surface area contributed by atoms with E-state index in [1.165, 1.54) is 12.1 Å². The number of ether oxygens (including phenoxy) is 1. The number of nitrogens with two attached hydrogens (primary N) is 1. The van der Waals surface area contributed by atoms with Crippen molar-refractivity contribution in [3.05, 3.63) is 65.2 Å². The Kier molecular flexibility index (Phi) is 6.79. The van der Waals surface area contributed by atoms with Gasteiger partial charge in [0.2, 0.25) is 0 Å². The Morgan fingerprint density at radius 1 is 1.00 bits per heavy atom. The second-order valence-electron chi connectivity index (χ2n) is 6.04. The molecule has 6 nitrogen and oxygen atoms in total. The van der Waals surface area contributed by atoms with Crippen LogP contribution in [0, 0.1) is 5.92 Å². The summed E-state index contributed by atoms with van der Waals surface area (Å²) < 4.78 is 5.03. The number of hydrogen-bond donors (Lipinski definition) is 2. The Hall–Kier alpha value is -3.06. The highest BCUT2D eigenvalue weighted by Gasteiger charge is 2.19. The van der Waals surface area contributed by atoms with Gasteiger partial charge in [-0.25, -0.2) is 4.79 Å². The van der Waals surface area contributed by atoms with Gasteiger partial charge < -0.3 is 15.6 Å². The second kappa shape index (κ2) is 9.05. The maximum absolute atomic E-state index is 12.5. The minimum Gasteiger partial charge on any atom is -0.482 e. The number of benzene rings is 2. The molecule has 0 radical (unpaired) electrons. The lowest BCUT2D eigenvalue weighted by Crippen LogP contribution is -2.16. The van der Waals surface area contributed by atoms with Crippen molar-refractivity contribution >= 4 is 34.7 Å². The fourth-order valence-corrected chi connectivity index (χ4v) is 2.59. The monoisotopic (exact) mass is 385 g/mol. The van der Waals surface area contributed by atoms with Crippen LogP contribution in [0.5, 0.6) is 5.75 Å². The Bertz CT molecular complexity index is 859. The molecule has 2 aromatic rings. The van der Waals surface area contributed by atoms with Gasteiger partial charge in [-0.2, -0.15) is 0 Å². The SMILES string of the molecule is CC(CC(=O)c1ccc(C(N)=S)cc1)C(=O)c1ccc(OCC(=O)O)cc1. The summed E-state index contributed by atoms with van der Waals surface area (Å²) in [4.78, 5) is 35.6. The summed E-state index contributed by atoms with van der Waals surface area (Å²) in [6, 6.07) is 12.8. The fourth-order valence-electron chi connectivity index (χ4n) is 2.45. The van der Waals surface area contributed by atoms with Gasteiger partial charge in [0.15, 0.2) is 18.2 Å². The van der Waals surface area contributed by atoms with E-state index in [0.29, 0.717) is 22.4 Å². The molecule has 0 amide bonds.